The molecule has 7 heteroatoms. The molecule has 1 aromatic heterocycles. The van der Waals surface area contributed by atoms with E-state index in [4.69, 9.17) is 10.5 Å². The smallest absolute Gasteiger partial charge is 0.308 e. The Kier molecular flexibility index (Phi) is 5.43. The number of aromatic nitrogens is 2. The van der Waals surface area contributed by atoms with Gasteiger partial charge in [0, 0.05) is 18.0 Å². The molecule has 1 aliphatic heterocycles. The van der Waals surface area contributed by atoms with Gasteiger partial charge in [-0.1, -0.05) is 29.5 Å². The fourth-order valence-corrected chi connectivity index (χ4v) is 3.71. The van der Waals surface area contributed by atoms with Crippen LogP contribution in [0.25, 0.3) is 0 Å². The van der Waals surface area contributed by atoms with Crippen molar-refractivity contribution in [1.82, 2.24) is 9.97 Å². The highest BCUT2D eigenvalue weighted by atomic mass is 32.2. The van der Waals surface area contributed by atoms with Crippen LogP contribution < -0.4 is 10.6 Å². The summed E-state index contributed by atoms with van der Waals surface area (Å²) in [7, 11) is 1.44. The van der Waals surface area contributed by atoms with E-state index in [0.29, 0.717) is 5.69 Å². The van der Waals surface area contributed by atoms with Crippen LogP contribution in [-0.4, -0.2) is 36.1 Å². The zero-order valence-corrected chi connectivity index (χ0v) is 15.3. The van der Waals surface area contributed by atoms with E-state index in [9.17, 15) is 4.79 Å². The lowest BCUT2D eigenvalue weighted by atomic mass is 9.97. The van der Waals surface area contributed by atoms with Gasteiger partial charge in [-0.25, -0.2) is 9.97 Å². The normalized spacial score (nSPS) is 15.2. The van der Waals surface area contributed by atoms with Crippen molar-refractivity contribution in [3.05, 3.63) is 36.2 Å². The van der Waals surface area contributed by atoms with Gasteiger partial charge >= 0.3 is 5.97 Å². The maximum atomic E-state index is 11.7. The molecule has 132 valence electrons. The number of nitrogen functional groups attached to an aromatic ring is 1. The Morgan fingerprint density at radius 1 is 1.24 bits per heavy atom. The molecular formula is C18H22N4O2S. The summed E-state index contributed by atoms with van der Waals surface area (Å²) in [5, 5.41) is 0.754. The molecule has 1 aromatic carbocycles. The average Bonchev–Trinajstić information content (AvgIpc) is 2.65. The number of rotatable bonds is 4. The summed E-state index contributed by atoms with van der Waals surface area (Å²) in [4.78, 5) is 23.6. The van der Waals surface area contributed by atoms with Crippen molar-refractivity contribution in [1.29, 1.82) is 0 Å². The molecule has 0 spiro atoms. The number of piperidine rings is 1. The van der Waals surface area contributed by atoms with E-state index in [2.05, 4.69) is 46.1 Å². The van der Waals surface area contributed by atoms with Gasteiger partial charge in [0.25, 0.3) is 0 Å². The standard InChI is InChI=1S/C18H22N4O2S/c1-12-3-5-14(6-4-12)25-17-15(19)16(20-11-21-17)22-9-7-13(8-10-22)18(23)24-2/h3-6,11,13H,7-10,19H2,1-2H3. The molecule has 0 saturated carbocycles. The maximum Gasteiger partial charge on any atom is 0.308 e. The second-order valence-electron chi connectivity index (χ2n) is 6.12. The number of anilines is 2. The van der Waals surface area contributed by atoms with Gasteiger partial charge in [0.15, 0.2) is 5.82 Å². The van der Waals surface area contributed by atoms with Gasteiger partial charge in [0.2, 0.25) is 0 Å². The predicted molar refractivity (Wildman–Crippen MR) is 98.7 cm³/mol. The van der Waals surface area contributed by atoms with Crippen LogP contribution in [0.2, 0.25) is 0 Å². The van der Waals surface area contributed by atoms with E-state index in [0.717, 1.165) is 41.7 Å². The summed E-state index contributed by atoms with van der Waals surface area (Å²) in [6.45, 7) is 3.52. The van der Waals surface area contributed by atoms with Crippen molar-refractivity contribution in [2.24, 2.45) is 5.92 Å². The second-order valence-corrected chi connectivity index (χ2v) is 7.18. The zero-order valence-electron chi connectivity index (χ0n) is 14.4. The maximum absolute atomic E-state index is 11.7. The van der Waals surface area contributed by atoms with E-state index in [1.165, 1.54) is 24.4 Å². The number of hydrogen-bond acceptors (Lipinski definition) is 7. The monoisotopic (exact) mass is 358 g/mol. The van der Waals surface area contributed by atoms with E-state index in [1.807, 2.05) is 0 Å². The Labute approximate surface area is 151 Å². The molecule has 1 aliphatic rings. The Morgan fingerprint density at radius 2 is 1.92 bits per heavy atom. The summed E-state index contributed by atoms with van der Waals surface area (Å²) in [6.07, 6.45) is 3.04. The van der Waals surface area contributed by atoms with Gasteiger partial charge in [0.05, 0.1) is 13.0 Å². The Hall–Kier alpha value is -2.28. The first-order valence-electron chi connectivity index (χ1n) is 8.26. The molecule has 2 heterocycles. The third-order valence-corrected chi connectivity index (χ3v) is 5.42. The molecule has 2 aromatic rings. The summed E-state index contributed by atoms with van der Waals surface area (Å²) in [5.74, 6) is 0.574. The first-order chi connectivity index (χ1) is 12.1. The largest absolute Gasteiger partial charge is 0.469 e. The molecule has 1 saturated heterocycles. The van der Waals surface area contributed by atoms with Gasteiger partial charge in [-0.3, -0.25) is 4.79 Å². The highest BCUT2D eigenvalue weighted by Crippen LogP contribution is 2.35. The molecule has 2 N–H and O–H groups in total. The number of nitrogens with zero attached hydrogens (tertiary/aromatic N) is 3. The van der Waals surface area contributed by atoms with Crippen LogP contribution in [-0.2, 0) is 9.53 Å². The molecule has 0 aliphatic carbocycles. The number of esters is 1. The molecule has 3 rings (SSSR count). The fourth-order valence-electron chi connectivity index (χ4n) is 2.92. The number of carbonyl (C=O) groups is 1. The SMILES string of the molecule is COC(=O)C1CCN(c2ncnc(Sc3ccc(C)cc3)c2N)CC1. The molecule has 1 fully saturated rings. The van der Waals surface area contributed by atoms with Crippen LogP contribution >= 0.6 is 11.8 Å². The molecule has 0 radical (unpaired) electrons. The number of carbonyl (C=O) groups excluding carboxylic acids is 1. The van der Waals surface area contributed by atoms with E-state index < -0.39 is 0 Å². The van der Waals surface area contributed by atoms with Gasteiger partial charge in [-0.2, -0.15) is 0 Å². The Bertz CT molecular complexity index is 743. The van der Waals surface area contributed by atoms with Crippen molar-refractivity contribution >= 4 is 29.2 Å². The minimum atomic E-state index is -0.133. The zero-order chi connectivity index (χ0) is 17.8. The van der Waals surface area contributed by atoms with Crippen LogP contribution in [0, 0.1) is 12.8 Å². The third-order valence-electron chi connectivity index (χ3n) is 4.39. The lowest BCUT2D eigenvalue weighted by molar-refractivity contribution is -0.146. The van der Waals surface area contributed by atoms with Crippen LogP contribution in [0.5, 0.6) is 0 Å². The molecule has 25 heavy (non-hydrogen) atoms. The highest BCUT2D eigenvalue weighted by Gasteiger charge is 2.27. The Morgan fingerprint density at radius 3 is 2.56 bits per heavy atom. The highest BCUT2D eigenvalue weighted by molar-refractivity contribution is 7.99. The minimum Gasteiger partial charge on any atom is -0.469 e. The van der Waals surface area contributed by atoms with Crippen LogP contribution in [0.15, 0.2) is 40.5 Å². The number of benzene rings is 1. The van der Waals surface area contributed by atoms with Crippen molar-refractivity contribution in [3.63, 3.8) is 0 Å². The topological polar surface area (TPSA) is 81.3 Å². The van der Waals surface area contributed by atoms with E-state index in [-0.39, 0.29) is 11.9 Å². The third kappa shape index (κ3) is 4.04. The van der Waals surface area contributed by atoms with E-state index >= 15 is 0 Å². The van der Waals surface area contributed by atoms with Crippen LogP contribution in [0.1, 0.15) is 18.4 Å². The van der Waals surface area contributed by atoms with Gasteiger partial charge in [-0.05, 0) is 31.9 Å². The summed E-state index contributed by atoms with van der Waals surface area (Å²) >= 11 is 1.53. The van der Waals surface area contributed by atoms with Crippen molar-refractivity contribution < 1.29 is 9.53 Å². The Balaban J connectivity index is 1.73. The first kappa shape index (κ1) is 17.5. The van der Waals surface area contributed by atoms with Crippen molar-refractivity contribution in [3.8, 4) is 0 Å². The van der Waals surface area contributed by atoms with Gasteiger partial charge in [-0.15, -0.1) is 0 Å². The van der Waals surface area contributed by atoms with Crippen LogP contribution in [0.4, 0.5) is 11.5 Å². The fraction of sp³-hybridized carbons (Fsp3) is 0.389. The van der Waals surface area contributed by atoms with Crippen molar-refractivity contribution in [2.45, 2.75) is 29.7 Å². The first-order valence-corrected chi connectivity index (χ1v) is 9.08. The molecule has 0 atom stereocenters. The molecule has 0 amide bonds. The second kappa shape index (κ2) is 7.74. The molecule has 0 unspecified atom stereocenters. The summed E-state index contributed by atoms with van der Waals surface area (Å²) in [6, 6.07) is 8.25. The van der Waals surface area contributed by atoms with Gasteiger partial charge in [0.1, 0.15) is 17.0 Å². The summed E-state index contributed by atoms with van der Waals surface area (Å²) in [5.41, 5.74) is 8.14. The quantitative estimate of drug-likeness (QED) is 0.665. The van der Waals surface area contributed by atoms with Crippen LogP contribution in [0.3, 0.4) is 0 Å². The molecule has 0 bridgehead atoms. The number of methoxy groups -OCH3 is 1. The van der Waals surface area contributed by atoms with E-state index in [1.54, 1.807) is 6.33 Å². The average molecular weight is 358 g/mol. The summed E-state index contributed by atoms with van der Waals surface area (Å²) < 4.78 is 4.84. The van der Waals surface area contributed by atoms with Gasteiger partial charge < -0.3 is 15.4 Å². The minimum absolute atomic E-state index is 0.0364. The lowest BCUT2D eigenvalue weighted by Gasteiger charge is -2.32. The number of aryl methyl sites for hydroxylation is 1. The number of ether oxygens (including phenoxy) is 1. The number of nitrogens with two attached hydrogens (primary N) is 1. The lowest BCUT2D eigenvalue weighted by Crippen LogP contribution is -2.37. The predicted octanol–water partition coefficient (Wildman–Crippen LogP) is 2.91. The van der Waals surface area contributed by atoms with Crippen molar-refractivity contribution in [2.75, 3.05) is 30.8 Å². The molecular weight excluding hydrogens is 336 g/mol. The number of hydrogen-bond donors (Lipinski definition) is 1. The molecule has 6 nitrogen and oxygen atoms in total.